The third kappa shape index (κ3) is 6.45. The van der Waals surface area contributed by atoms with E-state index in [0.717, 1.165) is 4.90 Å². The molecule has 0 atom stereocenters. The van der Waals surface area contributed by atoms with Gasteiger partial charge in [0.05, 0.1) is 6.54 Å². The molecule has 0 aliphatic heterocycles. The predicted octanol–water partition coefficient (Wildman–Crippen LogP) is 0.466. The molecule has 8 heteroatoms. The van der Waals surface area contributed by atoms with Crippen molar-refractivity contribution in [2.24, 2.45) is 0 Å². The van der Waals surface area contributed by atoms with E-state index >= 15 is 0 Å². The molecule has 0 radical (unpaired) electrons. The molecule has 1 N–H and O–H groups in total. The van der Waals surface area contributed by atoms with E-state index in [0.29, 0.717) is 10.8 Å². The standard InChI is InChI=1S/C14H17ClN2O5/c1-16-12(18)7-17(2)13(19)8-22-14(20)9-21-11-5-3-10(15)4-6-11/h3-6H,7-9H2,1-2H3,(H,16,18). The number of rotatable bonds is 7. The predicted molar refractivity (Wildman–Crippen MR) is 79.6 cm³/mol. The van der Waals surface area contributed by atoms with Gasteiger partial charge in [-0.1, -0.05) is 11.6 Å². The third-order valence-electron chi connectivity index (χ3n) is 2.61. The van der Waals surface area contributed by atoms with Crippen LogP contribution in [0.15, 0.2) is 24.3 Å². The van der Waals surface area contributed by atoms with Gasteiger partial charge in [-0.15, -0.1) is 0 Å². The first kappa shape index (κ1) is 17.8. The summed E-state index contributed by atoms with van der Waals surface area (Å²) in [5.41, 5.74) is 0. The largest absolute Gasteiger partial charge is 0.482 e. The van der Waals surface area contributed by atoms with Crippen LogP contribution in [-0.2, 0) is 19.1 Å². The van der Waals surface area contributed by atoms with Gasteiger partial charge in [-0.2, -0.15) is 0 Å². The van der Waals surface area contributed by atoms with Gasteiger partial charge in [-0.25, -0.2) is 4.79 Å². The fourth-order valence-electron chi connectivity index (χ4n) is 1.35. The molecule has 0 unspecified atom stereocenters. The first-order chi connectivity index (χ1) is 10.4. The summed E-state index contributed by atoms with van der Waals surface area (Å²) in [6.45, 7) is -0.876. The highest BCUT2D eigenvalue weighted by atomic mass is 35.5. The van der Waals surface area contributed by atoms with Crippen molar-refractivity contribution in [3.8, 4) is 5.75 Å². The van der Waals surface area contributed by atoms with E-state index in [-0.39, 0.29) is 19.1 Å². The van der Waals surface area contributed by atoms with E-state index in [1.54, 1.807) is 24.3 Å². The maximum Gasteiger partial charge on any atom is 0.344 e. The van der Waals surface area contributed by atoms with Gasteiger partial charge < -0.3 is 19.7 Å². The van der Waals surface area contributed by atoms with Crippen molar-refractivity contribution in [3.05, 3.63) is 29.3 Å². The molecule has 22 heavy (non-hydrogen) atoms. The van der Waals surface area contributed by atoms with Crippen molar-refractivity contribution >= 4 is 29.4 Å². The number of carbonyl (C=O) groups excluding carboxylic acids is 3. The highest BCUT2D eigenvalue weighted by Crippen LogP contribution is 2.15. The molecular formula is C14H17ClN2O5. The number of benzene rings is 1. The Labute approximate surface area is 133 Å². The molecule has 0 bridgehead atoms. The highest BCUT2D eigenvalue weighted by Gasteiger charge is 2.14. The minimum Gasteiger partial charge on any atom is -0.482 e. The van der Waals surface area contributed by atoms with Gasteiger partial charge >= 0.3 is 5.97 Å². The first-order valence-electron chi connectivity index (χ1n) is 6.41. The van der Waals surface area contributed by atoms with Crippen molar-refractivity contribution in [2.45, 2.75) is 0 Å². The van der Waals surface area contributed by atoms with Crippen LogP contribution >= 0.6 is 11.6 Å². The second-order valence-electron chi connectivity index (χ2n) is 4.33. The van der Waals surface area contributed by atoms with Crippen molar-refractivity contribution < 1.29 is 23.9 Å². The van der Waals surface area contributed by atoms with Crippen molar-refractivity contribution in [1.29, 1.82) is 0 Å². The molecule has 0 saturated heterocycles. The number of hydrogen-bond acceptors (Lipinski definition) is 5. The number of likely N-dealkylation sites (N-methyl/N-ethyl adjacent to an activating group) is 2. The number of nitrogens with one attached hydrogen (secondary N) is 1. The van der Waals surface area contributed by atoms with Gasteiger partial charge in [0.25, 0.3) is 5.91 Å². The molecule has 0 heterocycles. The topological polar surface area (TPSA) is 84.9 Å². The molecular weight excluding hydrogens is 312 g/mol. The number of halogens is 1. The van der Waals surface area contributed by atoms with Crippen LogP contribution in [0.2, 0.25) is 5.02 Å². The third-order valence-corrected chi connectivity index (χ3v) is 2.86. The lowest BCUT2D eigenvalue weighted by Gasteiger charge is -2.15. The lowest BCUT2D eigenvalue weighted by atomic mass is 10.3. The number of nitrogens with zero attached hydrogens (tertiary/aromatic N) is 1. The summed E-state index contributed by atoms with van der Waals surface area (Å²) in [6, 6.07) is 6.47. The van der Waals surface area contributed by atoms with Crippen LogP contribution in [0.1, 0.15) is 0 Å². The van der Waals surface area contributed by atoms with E-state index in [4.69, 9.17) is 21.1 Å². The van der Waals surface area contributed by atoms with Crippen molar-refractivity contribution in [3.63, 3.8) is 0 Å². The molecule has 1 aromatic rings. The molecule has 1 aromatic carbocycles. The second-order valence-corrected chi connectivity index (χ2v) is 4.76. The average Bonchev–Trinajstić information content (AvgIpc) is 2.51. The molecule has 0 aromatic heterocycles. The van der Waals surface area contributed by atoms with Gasteiger partial charge in [-0.05, 0) is 24.3 Å². The molecule has 120 valence electrons. The summed E-state index contributed by atoms with van der Waals surface area (Å²) in [4.78, 5) is 35.4. The SMILES string of the molecule is CNC(=O)CN(C)C(=O)COC(=O)COc1ccc(Cl)cc1. The number of ether oxygens (including phenoxy) is 2. The molecule has 2 amide bonds. The fraction of sp³-hybridized carbons (Fsp3) is 0.357. The first-order valence-corrected chi connectivity index (χ1v) is 6.78. The molecule has 0 saturated carbocycles. The van der Waals surface area contributed by atoms with Crippen LogP contribution in [0.4, 0.5) is 0 Å². The number of hydrogen-bond donors (Lipinski definition) is 1. The summed E-state index contributed by atoms with van der Waals surface area (Å²) in [5.74, 6) is -1.02. The molecule has 0 spiro atoms. The summed E-state index contributed by atoms with van der Waals surface area (Å²) < 4.78 is 9.95. The van der Waals surface area contributed by atoms with Crippen LogP contribution in [0, 0.1) is 0 Å². The summed E-state index contributed by atoms with van der Waals surface area (Å²) in [5, 5.41) is 2.94. The van der Waals surface area contributed by atoms with Crippen LogP contribution < -0.4 is 10.1 Å². The molecule has 0 fully saturated rings. The van der Waals surface area contributed by atoms with Gasteiger partial charge in [0, 0.05) is 19.1 Å². The summed E-state index contributed by atoms with van der Waals surface area (Å²) in [7, 11) is 2.91. The van der Waals surface area contributed by atoms with E-state index in [1.165, 1.54) is 14.1 Å². The Balaban J connectivity index is 2.29. The Morgan fingerprint density at radius 3 is 2.41 bits per heavy atom. The zero-order chi connectivity index (χ0) is 16.5. The maximum absolute atomic E-state index is 11.6. The Bertz CT molecular complexity index is 533. The highest BCUT2D eigenvalue weighted by molar-refractivity contribution is 6.30. The molecule has 0 aliphatic rings. The van der Waals surface area contributed by atoms with E-state index < -0.39 is 18.5 Å². The van der Waals surface area contributed by atoms with Gasteiger partial charge in [-0.3, -0.25) is 9.59 Å². The van der Waals surface area contributed by atoms with Crippen LogP contribution in [0.3, 0.4) is 0 Å². The Hall–Kier alpha value is -2.28. The zero-order valence-electron chi connectivity index (χ0n) is 12.3. The maximum atomic E-state index is 11.6. The minimum atomic E-state index is -0.684. The Kier molecular flexibility index (Phi) is 7.18. The average molecular weight is 329 g/mol. The lowest BCUT2D eigenvalue weighted by molar-refractivity contribution is -0.153. The molecule has 7 nitrogen and oxygen atoms in total. The minimum absolute atomic E-state index is 0.103. The number of esters is 1. The zero-order valence-corrected chi connectivity index (χ0v) is 13.1. The molecule has 1 rings (SSSR count). The smallest absolute Gasteiger partial charge is 0.344 e. The van der Waals surface area contributed by atoms with Crippen LogP contribution in [0.5, 0.6) is 5.75 Å². The van der Waals surface area contributed by atoms with E-state index in [9.17, 15) is 14.4 Å². The quantitative estimate of drug-likeness (QED) is 0.735. The van der Waals surface area contributed by atoms with Crippen LogP contribution in [-0.4, -0.2) is 56.5 Å². The summed E-state index contributed by atoms with van der Waals surface area (Å²) >= 11 is 5.72. The lowest BCUT2D eigenvalue weighted by Crippen LogP contribution is -2.39. The Morgan fingerprint density at radius 2 is 1.82 bits per heavy atom. The monoisotopic (exact) mass is 328 g/mol. The number of amides is 2. The van der Waals surface area contributed by atoms with Gasteiger partial charge in [0.2, 0.25) is 5.91 Å². The number of carbonyl (C=O) groups is 3. The van der Waals surface area contributed by atoms with Crippen molar-refractivity contribution in [1.82, 2.24) is 10.2 Å². The van der Waals surface area contributed by atoms with E-state index in [2.05, 4.69) is 5.32 Å². The molecule has 0 aliphatic carbocycles. The van der Waals surface area contributed by atoms with Gasteiger partial charge in [0.1, 0.15) is 5.75 Å². The van der Waals surface area contributed by atoms with Crippen LogP contribution in [0.25, 0.3) is 0 Å². The van der Waals surface area contributed by atoms with Crippen molar-refractivity contribution in [2.75, 3.05) is 33.9 Å². The fourth-order valence-corrected chi connectivity index (χ4v) is 1.48. The Morgan fingerprint density at radius 1 is 1.18 bits per heavy atom. The van der Waals surface area contributed by atoms with Gasteiger partial charge in [0.15, 0.2) is 13.2 Å². The second kappa shape index (κ2) is 8.89. The normalized spacial score (nSPS) is 9.77. The summed E-state index contributed by atoms with van der Waals surface area (Å²) in [6.07, 6.45) is 0. The van der Waals surface area contributed by atoms with E-state index in [1.807, 2.05) is 0 Å².